The second-order valence-electron chi connectivity index (χ2n) is 6.58. The third-order valence-corrected chi connectivity index (χ3v) is 5.65. The van der Waals surface area contributed by atoms with E-state index in [1.165, 1.54) is 25.7 Å². The number of carbonyl (C=O) groups is 1. The monoisotopic (exact) mass is 251 g/mol. The number of likely N-dealkylation sites (tertiary alicyclic amines) is 1. The smallest absolute Gasteiger partial charge is 0.225 e. The van der Waals surface area contributed by atoms with Crippen molar-refractivity contribution in [2.24, 2.45) is 11.3 Å². The fourth-order valence-electron chi connectivity index (χ4n) is 4.05. The maximum atomic E-state index is 12.4. The maximum Gasteiger partial charge on any atom is 0.225 e. The average Bonchev–Trinajstić information content (AvgIpc) is 2.46. The summed E-state index contributed by atoms with van der Waals surface area (Å²) in [7, 11) is 0. The molecule has 1 heterocycles. The van der Waals surface area contributed by atoms with Gasteiger partial charge in [-0.25, -0.2) is 0 Å². The van der Waals surface area contributed by atoms with Crippen molar-refractivity contribution in [3.63, 3.8) is 0 Å². The number of amides is 1. The van der Waals surface area contributed by atoms with E-state index in [1.54, 1.807) is 0 Å². The third kappa shape index (κ3) is 2.07. The minimum Gasteiger partial charge on any atom is -0.393 e. The van der Waals surface area contributed by atoms with Crippen molar-refractivity contribution in [1.82, 2.24) is 4.90 Å². The first-order valence-corrected chi connectivity index (χ1v) is 7.68. The van der Waals surface area contributed by atoms with Gasteiger partial charge in [0.15, 0.2) is 0 Å². The normalized spacial score (nSPS) is 32.3. The average molecular weight is 251 g/mol. The standard InChI is InChI=1S/C15H25NO2/c17-13-6-7-15(13)8-10-16(11-9-15)14(18)12-4-2-1-3-5-12/h12-13,17H,1-11H2. The molecule has 0 aromatic rings. The summed E-state index contributed by atoms with van der Waals surface area (Å²) in [6, 6.07) is 0. The Morgan fingerprint density at radius 2 is 1.67 bits per heavy atom. The second-order valence-corrected chi connectivity index (χ2v) is 6.58. The third-order valence-electron chi connectivity index (χ3n) is 5.65. The van der Waals surface area contributed by atoms with Crippen LogP contribution in [0, 0.1) is 11.3 Å². The molecule has 1 spiro atoms. The lowest BCUT2D eigenvalue weighted by atomic mass is 9.61. The SMILES string of the molecule is O=C(C1CCCCC1)N1CCC2(CCC2O)CC1. The molecule has 0 aromatic carbocycles. The van der Waals surface area contributed by atoms with Gasteiger partial charge >= 0.3 is 0 Å². The van der Waals surface area contributed by atoms with Gasteiger partial charge in [0.2, 0.25) is 5.91 Å². The van der Waals surface area contributed by atoms with E-state index in [1.807, 2.05) is 0 Å². The van der Waals surface area contributed by atoms with E-state index >= 15 is 0 Å². The molecule has 18 heavy (non-hydrogen) atoms. The van der Waals surface area contributed by atoms with Crippen LogP contribution in [0.2, 0.25) is 0 Å². The lowest BCUT2D eigenvalue weighted by Gasteiger charge is -2.52. The van der Waals surface area contributed by atoms with Gasteiger partial charge in [0.1, 0.15) is 0 Å². The van der Waals surface area contributed by atoms with Crippen LogP contribution < -0.4 is 0 Å². The van der Waals surface area contributed by atoms with Gasteiger partial charge in [-0.15, -0.1) is 0 Å². The lowest BCUT2D eigenvalue weighted by molar-refractivity contribution is -0.146. The zero-order valence-corrected chi connectivity index (χ0v) is 11.2. The van der Waals surface area contributed by atoms with Crippen LogP contribution in [0.3, 0.4) is 0 Å². The Balaban J connectivity index is 1.54. The first kappa shape index (κ1) is 12.5. The van der Waals surface area contributed by atoms with Gasteiger partial charge in [0, 0.05) is 19.0 Å². The van der Waals surface area contributed by atoms with Crippen molar-refractivity contribution >= 4 is 5.91 Å². The fraction of sp³-hybridized carbons (Fsp3) is 0.933. The maximum absolute atomic E-state index is 12.4. The molecule has 0 radical (unpaired) electrons. The highest BCUT2D eigenvalue weighted by Crippen LogP contribution is 2.49. The predicted octanol–water partition coefficient (Wildman–Crippen LogP) is 2.33. The molecular weight excluding hydrogens is 226 g/mol. The molecule has 1 saturated heterocycles. The first-order chi connectivity index (χ1) is 8.71. The minimum absolute atomic E-state index is 0.0931. The van der Waals surface area contributed by atoms with Crippen molar-refractivity contribution in [3.8, 4) is 0 Å². The molecule has 0 aromatic heterocycles. The van der Waals surface area contributed by atoms with E-state index in [2.05, 4.69) is 4.90 Å². The van der Waals surface area contributed by atoms with Gasteiger partial charge in [0.05, 0.1) is 6.10 Å². The van der Waals surface area contributed by atoms with Crippen molar-refractivity contribution < 1.29 is 9.90 Å². The molecule has 1 atom stereocenters. The first-order valence-electron chi connectivity index (χ1n) is 7.68. The quantitative estimate of drug-likeness (QED) is 0.777. The van der Waals surface area contributed by atoms with Crippen molar-refractivity contribution in [1.29, 1.82) is 0 Å². The van der Waals surface area contributed by atoms with E-state index in [0.29, 0.717) is 11.8 Å². The molecule has 2 saturated carbocycles. The van der Waals surface area contributed by atoms with Crippen LogP contribution in [0.15, 0.2) is 0 Å². The Bertz CT molecular complexity index is 314. The summed E-state index contributed by atoms with van der Waals surface area (Å²) < 4.78 is 0. The summed E-state index contributed by atoms with van der Waals surface area (Å²) in [6.45, 7) is 1.76. The van der Waals surface area contributed by atoms with Crippen LogP contribution in [0.25, 0.3) is 0 Å². The van der Waals surface area contributed by atoms with E-state index < -0.39 is 0 Å². The molecule has 1 N–H and O–H groups in total. The van der Waals surface area contributed by atoms with Crippen molar-refractivity contribution in [2.45, 2.75) is 63.9 Å². The molecule has 3 aliphatic rings. The summed E-state index contributed by atoms with van der Waals surface area (Å²) in [5.74, 6) is 0.706. The number of hydrogen-bond donors (Lipinski definition) is 1. The molecule has 3 fully saturated rings. The zero-order chi connectivity index (χ0) is 12.6. The number of hydrogen-bond acceptors (Lipinski definition) is 2. The van der Waals surface area contributed by atoms with E-state index in [-0.39, 0.29) is 11.5 Å². The highest BCUT2D eigenvalue weighted by atomic mass is 16.3. The number of nitrogens with zero attached hydrogens (tertiary/aromatic N) is 1. The van der Waals surface area contributed by atoms with Gasteiger partial charge in [-0.2, -0.15) is 0 Å². The second kappa shape index (κ2) is 4.84. The van der Waals surface area contributed by atoms with Crippen LogP contribution in [0.1, 0.15) is 57.8 Å². The molecule has 3 heteroatoms. The number of aliphatic hydroxyl groups excluding tert-OH is 1. The van der Waals surface area contributed by atoms with Crippen LogP contribution in [-0.4, -0.2) is 35.1 Å². The highest BCUT2D eigenvalue weighted by molar-refractivity contribution is 5.79. The summed E-state index contributed by atoms with van der Waals surface area (Å²) in [5.41, 5.74) is 0.184. The lowest BCUT2D eigenvalue weighted by Crippen LogP contribution is -2.54. The number of piperidine rings is 1. The van der Waals surface area contributed by atoms with E-state index in [9.17, 15) is 9.90 Å². The molecule has 1 amide bonds. The van der Waals surface area contributed by atoms with Crippen LogP contribution in [-0.2, 0) is 4.79 Å². The Kier molecular flexibility index (Phi) is 3.35. The molecule has 1 unspecified atom stereocenters. The molecule has 3 rings (SSSR count). The number of carbonyl (C=O) groups excluding carboxylic acids is 1. The Morgan fingerprint density at radius 1 is 1.00 bits per heavy atom. The Labute approximate surface area is 110 Å². The topological polar surface area (TPSA) is 40.5 Å². The molecular formula is C15H25NO2. The predicted molar refractivity (Wildman–Crippen MR) is 70.1 cm³/mol. The molecule has 1 aliphatic heterocycles. The molecule has 0 bridgehead atoms. The molecule has 2 aliphatic carbocycles. The minimum atomic E-state index is -0.0931. The van der Waals surface area contributed by atoms with E-state index in [4.69, 9.17) is 0 Å². The van der Waals surface area contributed by atoms with Gasteiger partial charge < -0.3 is 10.0 Å². The van der Waals surface area contributed by atoms with Gasteiger partial charge in [-0.05, 0) is 43.9 Å². The summed E-state index contributed by atoms with van der Waals surface area (Å²) in [6.07, 6.45) is 10.0. The molecule has 102 valence electrons. The summed E-state index contributed by atoms with van der Waals surface area (Å²) in [5, 5.41) is 9.89. The highest BCUT2D eigenvalue weighted by Gasteiger charge is 2.48. The number of rotatable bonds is 1. The summed E-state index contributed by atoms with van der Waals surface area (Å²) >= 11 is 0. The Morgan fingerprint density at radius 3 is 2.17 bits per heavy atom. The van der Waals surface area contributed by atoms with E-state index in [0.717, 1.165) is 45.2 Å². The van der Waals surface area contributed by atoms with Gasteiger partial charge in [-0.3, -0.25) is 4.79 Å². The van der Waals surface area contributed by atoms with Crippen LogP contribution >= 0.6 is 0 Å². The summed E-state index contributed by atoms with van der Waals surface area (Å²) in [4.78, 5) is 14.5. The Hall–Kier alpha value is -0.570. The molecule has 3 nitrogen and oxygen atoms in total. The largest absolute Gasteiger partial charge is 0.393 e. The van der Waals surface area contributed by atoms with Crippen molar-refractivity contribution in [2.75, 3.05) is 13.1 Å². The van der Waals surface area contributed by atoms with Crippen LogP contribution in [0.4, 0.5) is 0 Å². The van der Waals surface area contributed by atoms with Crippen LogP contribution in [0.5, 0.6) is 0 Å². The van der Waals surface area contributed by atoms with Gasteiger partial charge in [0.25, 0.3) is 0 Å². The number of aliphatic hydroxyl groups is 1. The van der Waals surface area contributed by atoms with Crippen molar-refractivity contribution in [3.05, 3.63) is 0 Å². The zero-order valence-electron chi connectivity index (χ0n) is 11.2. The van der Waals surface area contributed by atoms with Gasteiger partial charge in [-0.1, -0.05) is 19.3 Å². The fourth-order valence-corrected chi connectivity index (χ4v) is 4.05.